The van der Waals surface area contributed by atoms with Crippen LogP contribution in [-0.4, -0.2) is 83.7 Å². The Morgan fingerprint density at radius 2 is 1.67 bits per heavy atom. The zero-order valence-electron chi connectivity index (χ0n) is 30.3. The minimum atomic E-state index is -1.26. The molecule has 3 N–H and O–H groups in total. The molecule has 52 heavy (non-hydrogen) atoms. The predicted octanol–water partition coefficient (Wildman–Crippen LogP) is 7.44. The van der Waals surface area contributed by atoms with E-state index >= 15 is 0 Å². The number of phenolic OH excluding ortho intramolecular Hbond substituents is 1. The minimum Gasteiger partial charge on any atom is -0.507 e. The van der Waals surface area contributed by atoms with Crippen LogP contribution >= 0.6 is 23.5 Å². The fourth-order valence-corrected chi connectivity index (χ4v) is 7.52. The molecule has 1 fully saturated rings. The average Bonchev–Trinajstić information content (AvgIpc) is 3.27. The molecule has 0 saturated carbocycles. The van der Waals surface area contributed by atoms with Gasteiger partial charge in [-0.1, -0.05) is 41.6 Å². The van der Waals surface area contributed by atoms with Crippen LogP contribution in [0.1, 0.15) is 42.3 Å². The van der Waals surface area contributed by atoms with Gasteiger partial charge in [0, 0.05) is 76.8 Å². The highest BCUT2D eigenvalue weighted by Gasteiger charge is 2.29. The number of hydrogen-bond acceptors (Lipinski definition) is 10. The molecule has 276 valence electrons. The summed E-state index contributed by atoms with van der Waals surface area (Å²) in [6.45, 7) is 10.4. The van der Waals surface area contributed by atoms with Crippen LogP contribution in [0.15, 0.2) is 102 Å². The molecule has 0 spiro atoms. The van der Waals surface area contributed by atoms with E-state index in [0.29, 0.717) is 41.7 Å². The molecule has 3 heterocycles. The van der Waals surface area contributed by atoms with Crippen molar-refractivity contribution >= 4 is 46.4 Å². The molecule has 1 aromatic heterocycles. The standard InChI is InChI=1S/C20H24N2S2.C16H18O4.C4H4O4/c1-21-9-11-22(12-10-21)18-13-15-5-3-4-6-19(15)24-20-8-7-16(23-2)14-17(18)20;1-9(2)5-6-11-14(19-4)8-13(18)15-12(17)7-10(3)20-16(11)15;5-3(6)1-2-4(7)8/h3-8,14,18H,9-13H2,1-2H3;5,7-8,18H,6H2,1-4H3;1-2H,(H,5,6)(H,7,8). The highest BCUT2D eigenvalue weighted by Crippen LogP contribution is 2.44. The van der Waals surface area contributed by atoms with E-state index in [-0.39, 0.29) is 16.6 Å². The normalized spacial score (nSPS) is 15.6. The van der Waals surface area contributed by atoms with Crippen LogP contribution in [0.5, 0.6) is 11.5 Å². The average molecular weight is 747 g/mol. The number of thioether (sulfide) groups is 1. The Morgan fingerprint density at radius 3 is 2.29 bits per heavy atom. The number of piperazine rings is 1. The lowest BCUT2D eigenvalue weighted by Crippen LogP contribution is -2.46. The quantitative estimate of drug-likeness (QED) is 0.0984. The number of benzene rings is 3. The molecule has 10 nitrogen and oxygen atoms in total. The molecule has 12 heteroatoms. The Morgan fingerprint density at radius 1 is 1.00 bits per heavy atom. The molecule has 4 aromatic rings. The zero-order valence-corrected chi connectivity index (χ0v) is 32.0. The number of nitrogens with zero attached hydrogens (tertiary/aromatic N) is 2. The van der Waals surface area contributed by atoms with Crippen molar-refractivity contribution in [2.45, 2.75) is 54.3 Å². The van der Waals surface area contributed by atoms with E-state index in [2.05, 4.69) is 65.6 Å². The number of phenols is 1. The van der Waals surface area contributed by atoms with Crippen molar-refractivity contribution in [1.29, 1.82) is 0 Å². The van der Waals surface area contributed by atoms with E-state index in [1.54, 1.807) is 6.92 Å². The Balaban J connectivity index is 0.000000196. The Kier molecular flexibility index (Phi) is 14.6. The summed E-state index contributed by atoms with van der Waals surface area (Å²) in [4.78, 5) is 40.5. The Labute approximate surface area is 312 Å². The van der Waals surface area contributed by atoms with Crippen molar-refractivity contribution in [3.8, 4) is 11.5 Å². The maximum Gasteiger partial charge on any atom is 0.328 e. The summed E-state index contributed by atoms with van der Waals surface area (Å²) in [5, 5.41) is 25.8. The van der Waals surface area contributed by atoms with Gasteiger partial charge in [0.1, 0.15) is 28.2 Å². The number of methoxy groups -OCH3 is 1. The number of allylic oxidation sites excluding steroid dienone is 2. The topological polar surface area (TPSA) is 141 Å². The van der Waals surface area contributed by atoms with Crippen LogP contribution in [0.2, 0.25) is 0 Å². The lowest BCUT2D eigenvalue weighted by molar-refractivity contribution is -0.134. The molecule has 6 rings (SSSR count). The minimum absolute atomic E-state index is 0.119. The maximum absolute atomic E-state index is 12.0. The summed E-state index contributed by atoms with van der Waals surface area (Å²) in [5.41, 5.74) is 5.08. The largest absolute Gasteiger partial charge is 0.507 e. The number of carboxylic acid groups (broad SMARTS) is 2. The predicted molar refractivity (Wildman–Crippen MR) is 207 cm³/mol. The number of carbonyl (C=O) groups is 2. The second-order valence-electron chi connectivity index (χ2n) is 12.7. The third-order valence-electron chi connectivity index (χ3n) is 8.63. The highest BCUT2D eigenvalue weighted by molar-refractivity contribution is 7.99. The smallest absolute Gasteiger partial charge is 0.328 e. The molecule has 2 aliphatic rings. The fraction of sp³-hybridized carbons (Fsp3) is 0.325. The lowest BCUT2D eigenvalue weighted by atomic mass is 9.96. The molecule has 1 unspecified atom stereocenters. The molecule has 0 amide bonds. The number of carboxylic acids is 2. The van der Waals surface area contributed by atoms with Gasteiger partial charge >= 0.3 is 11.9 Å². The number of aromatic hydroxyl groups is 1. The van der Waals surface area contributed by atoms with Crippen LogP contribution in [0.25, 0.3) is 11.0 Å². The van der Waals surface area contributed by atoms with Crippen molar-refractivity contribution in [3.63, 3.8) is 0 Å². The van der Waals surface area contributed by atoms with Gasteiger partial charge in [-0.2, -0.15) is 0 Å². The van der Waals surface area contributed by atoms with Crippen LogP contribution in [-0.2, 0) is 22.4 Å². The summed E-state index contributed by atoms with van der Waals surface area (Å²) >= 11 is 3.79. The third-order valence-corrected chi connectivity index (χ3v) is 10.6. The lowest BCUT2D eigenvalue weighted by Gasteiger charge is -2.38. The zero-order chi connectivity index (χ0) is 37.9. The summed E-state index contributed by atoms with van der Waals surface area (Å²) in [6.07, 6.45) is 7.01. The van der Waals surface area contributed by atoms with Crippen LogP contribution < -0.4 is 10.2 Å². The summed E-state index contributed by atoms with van der Waals surface area (Å²) in [6, 6.07) is 19.3. The molecule has 0 radical (unpaired) electrons. The van der Waals surface area contributed by atoms with Gasteiger partial charge in [0.25, 0.3) is 0 Å². The second kappa shape index (κ2) is 18.8. The Bertz CT molecular complexity index is 2000. The van der Waals surface area contributed by atoms with E-state index in [9.17, 15) is 19.5 Å². The molecule has 1 atom stereocenters. The number of aryl methyl sites for hydroxylation is 1. The van der Waals surface area contributed by atoms with Crippen LogP contribution in [0.3, 0.4) is 0 Å². The van der Waals surface area contributed by atoms with Crippen molar-refractivity contribution in [2.75, 3.05) is 46.6 Å². The van der Waals surface area contributed by atoms with Crippen molar-refractivity contribution in [1.82, 2.24) is 9.80 Å². The molecule has 0 bridgehead atoms. The highest BCUT2D eigenvalue weighted by atomic mass is 32.2. The van der Waals surface area contributed by atoms with Gasteiger partial charge in [-0.05, 0) is 82.3 Å². The molecule has 0 aliphatic carbocycles. The first-order chi connectivity index (χ1) is 24.8. The fourth-order valence-electron chi connectivity index (χ4n) is 5.96. The van der Waals surface area contributed by atoms with Gasteiger partial charge in [0.05, 0.1) is 7.11 Å². The van der Waals surface area contributed by atoms with E-state index in [4.69, 9.17) is 19.4 Å². The monoisotopic (exact) mass is 746 g/mol. The molecule has 1 saturated heterocycles. The van der Waals surface area contributed by atoms with Gasteiger partial charge in [0.15, 0.2) is 5.43 Å². The van der Waals surface area contributed by atoms with Gasteiger partial charge in [-0.15, -0.1) is 11.8 Å². The van der Waals surface area contributed by atoms with Gasteiger partial charge in [-0.3, -0.25) is 9.69 Å². The SMILES string of the molecule is COc1cc(O)c2c(=O)cc(C)oc2c1CC=C(C)C.CSc1ccc2c(c1)C(N1CCN(C)CC1)Cc1ccccc1S2.O=C(O)C=CC(=O)O. The number of fused-ring (bicyclic) bond motifs is 3. The van der Waals surface area contributed by atoms with E-state index in [0.717, 1.165) is 30.6 Å². The van der Waals surface area contributed by atoms with E-state index in [1.165, 1.54) is 58.1 Å². The molecule has 2 aliphatic heterocycles. The third kappa shape index (κ3) is 10.8. The van der Waals surface area contributed by atoms with Gasteiger partial charge in [-0.25, -0.2) is 9.59 Å². The summed E-state index contributed by atoms with van der Waals surface area (Å²) in [7, 11) is 3.76. The molecular formula is C40H46N2O8S2. The Hall–Kier alpha value is -4.49. The molecular weight excluding hydrogens is 701 g/mol. The van der Waals surface area contributed by atoms with Crippen LogP contribution in [0, 0.1) is 6.92 Å². The number of hydrogen-bond donors (Lipinski definition) is 3. The van der Waals surface area contributed by atoms with Crippen molar-refractivity contribution in [3.05, 3.63) is 111 Å². The first-order valence-corrected chi connectivity index (χ1v) is 18.8. The van der Waals surface area contributed by atoms with Crippen molar-refractivity contribution in [2.24, 2.45) is 0 Å². The first kappa shape index (κ1) is 40.3. The van der Waals surface area contributed by atoms with E-state index < -0.39 is 11.9 Å². The summed E-state index contributed by atoms with van der Waals surface area (Å²) < 4.78 is 11.0. The second-order valence-corrected chi connectivity index (χ2v) is 14.6. The number of rotatable bonds is 7. The number of aliphatic carboxylic acids is 2. The van der Waals surface area contributed by atoms with Crippen LogP contribution in [0.4, 0.5) is 0 Å². The van der Waals surface area contributed by atoms with Gasteiger partial charge in [0.2, 0.25) is 0 Å². The first-order valence-electron chi connectivity index (χ1n) is 16.8. The summed E-state index contributed by atoms with van der Waals surface area (Å²) in [5.74, 6) is -1.61. The van der Waals surface area contributed by atoms with E-state index in [1.807, 2.05) is 43.4 Å². The maximum atomic E-state index is 12.0. The molecule has 3 aromatic carbocycles. The van der Waals surface area contributed by atoms with Gasteiger partial charge < -0.3 is 29.4 Å². The number of likely N-dealkylation sites (N-methyl/N-ethyl adjacent to an activating group) is 1. The van der Waals surface area contributed by atoms with Crippen molar-refractivity contribution < 1.29 is 34.1 Å². The number of ether oxygens (including phenoxy) is 1.